The van der Waals surface area contributed by atoms with Crippen molar-refractivity contribution < 1.29 is 0 Å². The number of nitrogens with zero attached hydrogens (tertiary/aromatic N) is 2. The molecule has 11 rings (SSSR count). The van der Waals surface area contributed by atoms with E-state index >= 15 is 0 Å². The van der Waals surface area contributed by atoms with Crippen LogP contribution in [0.25, 0.3) is 82.8 Å². The minimum Gasteiger partial charge on any atom is -0.310 e. The second-order valence-corrected chi connectivity index (χ2v) is 15.3. The van der Waals surface area contributed by atoms with Gasteiger partial charge in [-0.2, -0.15) is 0 Å². The molecule has 0 saturated carbocycles. The molecule has 0 atom stereocenters. The Bertz CT molecular complexity index is 3230. The van der Waals surface area contributed by atoms with Gasteiger partial charge in [-0.15, -0.1) is 0 Å². The van der Waals surface area contributed by atoms with E-state index in [0.29, 0.717) is 0 Å². The molecular formula is C58H40N2. The number of aromatic nitrogens is 1. The van der Waals surface area contributed by atoms with Crippen LogP contribution in [-0.2, 0) is 0 Å². The Balaban J connectivity index is 1.05. The highest BCUT2D eigenvalue weighted by Gasteiger charge is 2.18. The molecule has 1 aromatic heterocycles. The summed E-state index contributed by atoms with van der Waals surface area (Å²) in [5.41, 5.74) is 16.4. The first-order valence-electron chi connectivity index (χ1n) is 20.6. The Morgan fingerprint density at radius 1 is 0.283 bits per heavy atom. The lowest BCUT2D eigenvalue weighted by molar-refractivity contribution is 1.17. The Morgan fingerprint density at radius 2 is 0.700 bits per heavy atom. The van der Waals surface area contributed by atoms with Gasteiger partial charge in [-0.25, -0.2) is 0 Å². The van der Waals surface area contributed by atoms with Crippen molar-refractivity contribution in [2.24, 2.45) is 0 Å². The summed E-state index contributed by atoms with van der Waals surface area (Å²) in [7, 11) is 0. The van der Waals surface area contributed by atoms with Gasteiger partial charge in [-0.1, -0.05) is 188 Å². The minimum atomic E-state index is 1.08. The fourth-order valence-corrected chi connectivity index (χ4v) is 9.04. The molecule has 10 aromatic carbocycles. The Hall–Kier alpha value is -7.94. The van der Waals surface area contributed by atoms with Gasteiger partial charge in [0.15, 0.2) is 0 Å². The van der Waals surface area contributed by atoms with E-state index in [2.05, 4.69) is 252 Å². The van der Waals surface area contributed by atoms with Crippen molar-refractivity contribution in [1.82, 2.24) is 4.57 Å². The summed E-state index contributed by atoms with van der Waals surface area (Å²) in [6.45, 7) is 0. The van der Waals surface area contributed by atoms with E-state index < -0.39 is 0 Å². The second-order valence-electron chi connectivity index (χ2n) is 15.3. The van der Waals surface area contributed by atoms with Crippen molar-refractivity contribution in [3.05, 3.63) is 243 Å². The molecule has 11 aromatic rings. The molecule has 0 amide bonds. The highest BCUT2D eigenvalue weighted by molar-refractivity contribution is 6.09. The highest BCUT2D eigenvalue weighted by Crippen LogP contribution is 2.42. The van der Waals surface area contributed by atoms with Crippen LogP contribution in [0.1, 0.15) is 0 Å². The summed E-state index contributed by atoms with van der Waals surface area (Å²) >= 11 is 0. The van der Waals surface area contributed by atoms with E-state index in [1.54, 1.807) is 0 Å². The van der Waals surface area contributed by atoms with E-state index in [1.807, 2.05) is 0 Å². The monoisotopic (exact) mass is 764 g/mol. The van der Waals surface area contributed by atoms with Crippen LogP contribution in [0.5, 0.6) is 0 Å². The van der Waals surface area contributed by atoms with Crippen molar-refractivity contribution in [1.29, 1.82) is 0 Å². The molecule has 0 unspecified atom stereocenters. The molecule has 282 valence electrons. The average molecular weight is 765 g/mol. The summed E-state index contributed by atoms with van der Waals surface area (Å²) in [5.74, 6) is 0. The fourth-order valence-electron chi connectivity index (χ4n) is 9.04. The van der Waals surface area contributed by atoms with E-state index in [-0.39, 0.29) is 0 Å². The zero-order valence-corrected chi connectivity index (χ0v) is 33.0. The number of hydrogen-bond acceptors (Lipinski definition) is 1. The minimum absolute atomic E-state index is 1.08. The molecule has 60 heavy (non-hydrogen) atoms. The second kappa shape index (κ2) is 15.1. The molecule has 2 nitrogen and oxygen atoms in total. The van der Waals surface area contributed by atoms with Gasteiger partial charge in [0, 0.05) is 33.5 Å². The van der Waals surface area contributed by atoms with Crippen LogP contribution in [-0.4, -0.2) is 4.57 Å². The van der Waals surface area contributed by atoms with Crippen molar-refractivity contribution in [3.8, 4) is 50.2 Å². The van der Waals surface area contributed by atoms with Crippen LogP contribution in [0, 0.1) is 0 Å². The zero-order valence-electron chi connectivity index (χ0n) is 33.0. The van der Waals surface area contributed by atoms with Gasteiger partial charge in [0.2, 0.25) is 0 Å². The molecule has 2 heteroatoms. The number of anilines is 3. The predicted molar refractivity (Wildman–Crippen MR) is 255 cm³/mol. The predicted octanol–water partition coefficient (Wildman–Crippen LogP) is 16.1. The SMILES string of the molecule is c1ccc(-c2ccccc2-c2ccc(N(c3ccc(-c4cccc5cccc(-c6ccccc6)c45)cc3)c3cccc(-n4c5ccccc5c5ccccc54)c3)cc2)cc1. The van der Waals surface area contributed by atoms with E-state index in [9.17, 15) is 0 Å². The first-order valence-corrected chi connectivity index (χ1v) is 20.6. The molecule has 0 saturated heterocycles. The molecule has 0 fully saturated rings. The quantitative estimate of drug-likeness (QED) is 0.150. The summed E-state index contributed by atoms with van der Waals surface area (Å²) in [5, 5.41) is 5.00. The van der Waals surface area contributed by atoms with E-state index in [0.717, 1.165) is 22.7 Å². The summed E-state index contributed by atoms with van der Waals surface area (Å²) < 4.78 is 2.39. The number of benzene rings is 10. The normalized spacial score (nSPS) is 11.3. The van der Waals surface area contributed by atoms with Gasteiger partial charge in [0.1, 0.15) is 0 Å². The molecule has 0 spiro atoms. The van der Waals surface area contributed by atoms with E-state index in [4.69, 9.17) is 0 Å². The van der Waals surface area contributed by atoms with Crippen molar-refractivity contribution in [3.63, 3.8) is 0 Å². The number of fused-ring (bicyclic) bond motifs is 4. The molecule has 0 bridgehead atoms. The Kier molecular flexibility index (Phi) is 8.87. The standard InChI is InChI=1S/C58H40N2/c1-3-16-41(17-4-1)50-24-7-8-25-51(50)43-32-36-46(37-33-43)59(48-22-15-23-49(40-48)60-56-30-11-9-26-54(56)55-27-10-12-31-57(55)60)47-38-34-44(35-39-47)53-29-14-21-45-20-13-28-52(58(45)53)42-18-5-2-6-19-42/h1-40H. The van der Waals surface area contributed by atoms with Gasteiger partial charge in [-0.3, -0.25) is 0 Å². The maximum Gasteiger partial charge on any atom is 0.0541 e. The molecule has 0 aliphatic rings. The van der Waals surface area contributed by atoms with Crippen molar-refractivity contribution >= 4 is 49.6 Å². The molecular weight excluding hydrogens is 725 g/mol. The number of para-hydroxylation sites is 2. The Morgan fingerprint density at radius 3 is 1.25 bits per heavy atom. The zero-order chi connectivity index (χ0) is 39.8. The maximum absolute atomic E-state index is 2.39. The first kappa shape index (κ1) is 35.2. The molecule has 1 heterocycles. The highest BCUT2D eigenvalue weighted by atomic mass is 15.1. The third-order valence-electron chi connectivity index (χ3n) is 11.8. The van der Waals surface area contributed by atoms with E-state index in [1.165, 1.54) is 77.1 Å². The lowest BCUT2D eigenvalue weighted by atomic mass is 9.91. The van der Waals surface area contributed by atoms with Gasteiger partial charge < -0.3 is 9.47 Å². The average Bonchev–Trinajstić information content (AvgIpc) is 3.67. The molecule has 0 radical (unpaired) electrons. The summed E-state index contributed by atoms with van der Waals surface area (Å²) in [4.78, 5) is 2.38. The van der Waals surface area contributed by atoms with Crippen molar-refractivity contribution in [2.45, 2.75) is 0 Å². The maximum atomic E-state index is 2.39. The number of hydrogen-bond donors (Lipinski definition) is 0. The van der Waals surface area contributed by atoms with Crippen molar-refractivity contribution in [2.75, 3.05) is 4.90 Å². The summed E-state index contributed by atoms with van der Waals surface area (Å²) in [6, 6.07) is 87.8. The lowest BCUT2D eigenvalue weighted by Crippen LogP contribution is -2.10. The third-order valence-corrected chi connectivity index (χ3v) is 11.8. The number of rotatable bonds is 8. The van der Waals surface area contributed by atoms with Gasteiger partial charge >= 0.3 is 0 Å². The van der Waals surface area contributed by atoms with Gasteiger partial charge in [0.25, 0.3) is 0 Å². The third kappa shape index (κ3) is 6.23. The van der Waals surface area contributed by atoms with Crippen LogP contribution in [0.15, 0.2) is 243 Å². The topological polar surface area (TPSA) is 8.17 Å². The van der Waals surface area contributed by atoms with Crippen LogP contribution in [0.4, 0.5) is 17.1 Å². The Labute approximate surface area is 350 Å². The van der Waals surface area contributed by atoms with Gasteiger partial charge in [0.05, 0.1) is 11.0 Å². The van der Waals surface area contributed by atoms with Crippen LogP contribution in [0.2, 0.25) is 0 Å². The first-order chi connectivity index (χ1) is 29.8. The fraction of sp³-hybridized carbons (Fsp3) is 0. The lowest BCUT2D eigenvalue weighted by Gasteiger charge is -2.27. The molecule has 0 N–H and O–H groups in total. The van der Waals surface area contributed by atoms with Crippen LogP contribution in [0.3, 0.4) is 0 Å². The van der Waals surface area contributed by atoms with Crippen LogP contribution >= 0.6 is 0 Å². The van der Waals surface area contributed by atoms with Crippen LogP contribution < -0.4 is 4.90 Å². The van der Waals surface area contributed by atoms with Gasteiger partial charge in [-0.05, 0) is 110 Å². The smallest absolute Gasteiger partial charge is 0.0541 e. The molecule has 0 aliphatic carbocycles. The largest absolute Gasteiger partial charge is 0.310 e. The summed E-state index contributed by atoms with van der Waals surface area (Å²) in [6.07, 6.45) is 0. The molecule has 0 aliphatic heterocycles.